The van der Waals surface area contributed by atoms with E-state index in [0.29, 0.717) is 23.2 Å². The third-order valence-corrected chi connectivity index (χ3v) is 3.37. The lowest BCUT2D eigenvalue weighted by Gasteiger charge is -2.13. The second-order valence-electron chi connectivity index (χ2n) is 4.41. The topological polar surface area (TPSA) is 69.4 Å². The molecule has 0 bridgehead atoms. The standard InChI is InChI=1S/C14H18BrN3O3/c1-4-16-7-10-5-11(15)14(12(6-10)19-3)20-8-13-17-9(2)18-21-13/h5-6,16H,4,7-8H2,1-3H3. The van der Waals surface area contributed by atoms with Gasteiger partial charge in [0, 0.05) is 6.54 Å². The fourth-order valence-electron chi connectivity index (χ4n) is 1.82. The molecule has 0 saturated heterocycles. The van der Waals surface area contributed by atoms with Crippen LogP contribution in [0, 0.1) is 6.92 Å². The van der Waals surface area contributed by atoms with Crippen LogP contribution in [0.1, 0.15) is 24.2 Å². The highest BCUT2D eigenvalue weighted by atomic mass is 79.9. The summed E-state index contributed by atoms with van der Waals surface area (Å²) in [5, 5.41) is 7.00. The summed E-state index contributed by atoms with van der Waals surface area (Å²) in [5.41, 5.74) is 1.11. The molecule has 1 N–H and O–H groups in total. The Kier molecular flexibility index (Phi) is 5.58. The number of rotatable bonds is 7. The van der Waals surface area contributed by atoms with Crippen LogP contribution in [-0.4, -0.2) is 23.8 Å². The highest BCUT2D eigenvalue weighted by Crippen LogP contribution is 2.37. The summed E-state index contributed by atoms with van der Waals surface area (Å²) in [4.78, 5) is 4.10. The smallest absolute Gasteiger partial charge is 0.264 e. The molecule has 0 spiro atoms. The van der Waals surface area contributed by atoms with E-state index in [2.05, 4.69) is 38.3 Å². The quantitative estimate of drug-likeness (QED) is 0.823. The molecule has 0 unspecified atom stereocenters. The molecule has 0 atom stereocenters. The van der Waals surface area contributed by atoms with E-state index in [1.54, 1.807) is 14.0 Å². The van der Waals surface area contributed by atoms with Crippen molar-refractivity contribution in [2.75, 3.05) is 13.7 Å². The minimum absolute atomic E-state index is 0.197. The monoisotopic (exact) mass is 355 g/mol. The summed E-state index contributed by atoms with van der Waals surface area (Å²) in [6.07, 6.45) is 0. The molecule has 1 heterocycles. The third kappa shape index (κ3) is 4.18. The highest BCUT2D eigenvalue weighted by molar-refractivity contribution is 9.10. The van der Waals surface area contributed by atoms with E-state index in [-0.39, 0.29) is 6.61 Å². The molecule has 1 aromatic carbocycles. The number of aryl methyl sites for hydroxylation is 1. The number of aromatic nitrogens is 2. The van der Waals surface area contributed by atoms with Gasteiger partial charge in [-0.25, -0.2) is 0 Å². The first-order valence-electron chi connectivity index (χ1n) is 6.63. The van der Waals surface area contributed by atoms with Gasteiger partial charge < -0.3 is 19.3 Å². The van der Waals surface area contributed by atoms with Crippen LogP contribution in [0.5, 0.6) is 11.5 Å². The molecule has 2 aromatic rings. The molecule has 114 valence electrons. The first-order valence-corrected chi connectivity index (χ1v) is 7.42. The zero-order valence-corrected chi connectivity index (χ0v) is 13.9. The van der Waals surface area contributed by atoms with Gasteiger partial charge in [-0.1, -0.05) is 12.1 Å². The minimum Gasteiger partial charge on any atom is -0.493 e. The summed E-state index contributed by atoms with van der Waals surface area (Å²) >= 11 is 3.51. The molecule has 0 saturated carbocycles. The number of benzene rings is 1. The van der Waals surface area contributed by atoms with Crippen molar-refractivity contribution in [3.05, 3.63) is 33.9 Å². The van der Waals surface area contributed by atoms with Crippen LogP contribution in [0.2, 0.25) is 0 Å². The lowest BCUT2D eigenvalue weighted by atomic mass is 10.2. The number of hydrogen-bond donors (Lipinski definition) is 1. The van der Waals surface area contributed by atoms with Crippen LogP contribution < -0.4 is 14.8 Å². The van der Waals surface area contributed by atoms with Gasteiger partial charge in [0.25, 0.3) is 5.89 Å². The van der Waals surface area contributed by atoms with Crippen LogP contribution >= 0.6 is 15.9 Å². The molecule has 2 rings (SSSR count). The average molecular weight is 356 g/mol. The van der Waals surface area contributed by atoms with Crippen LogP contribution in [0.4, 0.5) is 0 Å². The van der Waals surface area contributed by atoms with Crippen molar-refractivity contribution in [1.29, 1.82) is 0 Å². The first kappa shape index (κ1) is 15.8. The molecule has 0 aliphatic carbocycles. The normalized spacial score (nSPS) is 10.7. The SMILES string of the molecule is CCNCc1cc(Br)c(OCc2nc(C)no2)c(OC)c1. The Morgan fingerprint density at radius 1 is 1.38 bits per heavy atom. The van der Waals surface area contributed by atoms with Crippen molar-refractivity contribution in [2.45, 2.75) is 27.0 Å². The van der Waals surface area contributed by atoms with Crippen LogP contribution in [0.25, 0.3) is 0 Å². The zero-order chi connectivity index (χ0) is 15.2. The average Bonchev–Trinajstić information content (AvgIpc) is 2.89. The van der Waals surface area contributed by atoms with Crippen molar-refractivity contribution < 1.29 is 14.0 Å². The van der Waals surface area contributed by atoms with E-state index >= 15 is 0 Å². The molecular formula is C14H18BrN3O3. The predicted molar refractivity (Wildman–Crippen MR) is 81.4 cm³/mol. The molecule has 0 aliphatic heterocycles. The molecule has 0 aliphatic rings. The Balaban J connectivity index is 2.14. The fraction of sp³-hybridized carbons (Fsp3) is 0.429. The molecule has 0 radical (unpaired) electrons. The van der Waals surface area contributed by atoms with E-state index in [4.69, 9.17) is 14.0 Å². The van der Waals surface area contributed by atoms with Gasteiger partial charge in [0.15, 0.2) is 23.9 Å². The number of hydrogen-bond acceptors (Lipinski definition) is 6. The minimum atomic E-state index is 0.197. The third-order valence-electron chi connectivity index (χ3n) is 2.78. The summed E-state index contributed by atoms with van der Waals surface area (Å²) in [6, 6.07) is 3.95. The van der Waals surface area contributed by atoms with E-state index in [1.165, 1.54) is 0 Å². The molecule has 1 aromatic heterocycles. The van der Waals surface area contributed by atoms with Crippen LogP contribution in [0.3, 0.4) is 0 Å². The van der Waals surface area contributed by atoms with Gasteiger partial charge in [-0.3, -0.25) is 0 Å². The number of ether oxygens (including phenoxy) is 2. The second kappa shape index (κ2) is 7.42. The Bertz CT molecular complexity index is 601. The summed E-state index contributed by atoms with van der Waals surface area (Å²) < 4.78 is 17.0. The Morgan fingerprint density at radius 3 is 2.81 bits per heavy atom. The summed E-state index contributed by atoms with van der Waals surface area (Å²) in [7, 11) is 1.61. The Morgan fingerprint density at radius 2 is 2.19 bits per heavy atom. The first-order chi connectivity index (χ1) is 10.1. The zero-order valence-electron chi connectivity index (χ0n) is 12.3. The van der Waals surface area contributed by atoms with E-state index < -0.39 is 0 Å². The lowest BCUT2D eigenvalue weighted by Crippen LogP contribution is -2.12. The molecular weight excluding hydrogens is 338 g/mol. The van der Waals surface area contributed by atoms with Crippen LogP contribution in [-0.2, 0) is 13.2 Å². The molecule has 6 nitrogen and oxygen atoms in total. The number of halogens is 1. The number of nitrogens with zero attached hydrogens (tertiary/aromatic N) is 2. The van der Waals surface area contributed by atoms with Gasteiger partial charge in [0.2, 0.25) is 0 Å². The number of nitrogens with one attached hydrogen (secondary N) is 1. The molecule has 0 amide bonds. The maximum atomic E-state index is 5.73. The van der Waals surface area contributed by atoms with Gasteiger partial charge >= 0.3 is 0 Å². The maximum absolute atomic E-state index is 5.73. The van der Waals surface area contributed by atoms with Gasteiger partial charge in [-0.2, -0.15) is 4.98 Å². The Hall–Kier alpha value is -1.60. The van der Waals surface area contributed by atoms with Crippen LogP contribution in [0.15, 0.2) is 21.1 Å². The van der Waals surface area contributed by atoms with E-state index in [9.17, 15) is 0 Å². The Labute approximate surface area is 132 Å². The molecule has 7 heteroatoms. The lowest BCUT2D eigenvalue weighted by molar-refractivity contribution is 0.232. The van der Waals surface area contributed by atoms with E-state index in [1.807, 2.05) is 12.1 Å². The van der Waals surface area contributed by atoms with Crippen molar-refractivity contribution in [1.82, 2.24) is 15.5 Å². The van der Waals surface area contributed by atoms with Crippen molar-refractivity contribution in [3.63, 3.8) is 0 Å². The molecule has 21 heavy (non-hydrogen) atoms. The largest absolute Gasteiger partial charge is 0.493 e. The highest BCUT2D eigenvalue weighted by Gasteiger charge is 2.13. The van der Waals surface area contributed by atoms with Gasteiger partial charge in [-0.05, 0) is 47.1 Å². The van der Waals surface area contributed by atoms with Gasteiger partial charge in [0.1, 0.15) is 0 Å². The summed E-state index contributed by atoms with van der Waals surface area (Å²) in [5.74, 6) is 2.29. The number of methoxy groups -OCH3 is 1. The maximum Gasteiger partial charge on any atom is 0.264 e. The van der Waals surface area contributed by atoms with Gasteiger partial charge in [-0.15, -0.1) is 0 Å². The van der Waals surface area contributed by atoms with Crippen molar-refractivity contribution in [3.8, 4) is 11.5 Å². The second-order valence-corrected chi connectivity index (χ2v) is 5.27. The van der Waals surface area contributed by atoms with Crippen molar-refractivity contribution in [2.24, 2.45) is 0 Å². The van der Waals surface area contributed by atoms with Gasteiger partial charge in [0.05, 0.1) is 11.6 Å². The predicted octanol–water partition coefficient (Wildman–Crippen LogP) is 2.84. The fourth-order valence-corrected chi connectivity index (χ4v) is 2.42. The van der Waals surface area contributed by atoms with E-state index in [0.717, 1.165) is 23.1 Å². The summed E-state index contributed by atoms with van der Waals surface area (Å²) in [6.45, 7) is 5.71. The van der Waals surface area contributed by atoms with Crippen molar-refractivity contribution >= 4 is 15.9 Å². The molecule has 0 fully saturated rings.